The standard InChI is InChI=1S/C22H28F3N5S/c1-29-19(16-12-26-13-16)27-28-20(29)31-10-2-8-30-9-7-21(14-30)11-18(21)15-3-5-17(6-4-15)22(23,24)25/h3-6,16,18,26H,2,7-14H2,1H3/t18-,21?/m1/s1. The number of aromatic nitrogens is 3. The molecule has 9 heteroatoms. The molecular formula is C22H28F3N5S. The lowest BCUT2D eigenvalue weighted by atomic mass is 9.97. The molecule has 3 fully saturated rings. The summed E-state index contributed by atoms with van der Waals surface area (Å²) in [6.45, 7) is 5.18. The predicted octanol–water partition coefficient (Wildman–Crippen LogP) is 3.88. The number of hydrogen-bond acceptors (Lipinski definition) is 5. The van der Waals surface area contributed by atoms with Crippen LogP contribution in [0.2, 0.25) is 0 Å². The Balaban J connectivity index is 1.07. The van der Waals surface area contributed by atoms with E-state index in [0.29, 0.717) is 11.8 Å². The Bertz CT molecular complexity index is 924. The Kier molecular flexibility index (Phi) is 5.55. The lowest BCUT2D eigenvalue weighted by molar-refractivity contribution is -0.137. The van der Waals surface area contributed by atoms with Crippen molar-refractivity contribution in [2.24, 2.45) is 12.5 Å². The van der Waals surface area contributed by atoms with Gasteiger partial charge in [0.2, 0.25) is 0 Å². The molecule has 0 amide bonds. The molecule has 1 saturated carbocycles. The molecule has 3 heterocycles. The van der Waals surface area contributed by atoms with E-state index in [2.05, 4.69) is 32.0 Å². The Morgan fingerprint density at radius 1 is 1.19 bits per heavy atom. The first kappa shape index (κ1) is 21.3. The third-order valence-corrected chi connectivity index (χ3v) is 8.27. The van der Waals surface area contributed by atoms with Crippen LogP contribution in [0.1, 0.15) is 48.0 Å². The zero-order chi connectivity index (χ0) is 21.6. The predicted molar refractivity (Wildman–Crippen MR) is 114 cm³/mol. The molecule has 168 valence electrons. The normalized spacial score (nSPS) is 26.5. The smallest absolute Gasteiger partial charge is 0.315 e. The molecule has 3 aliphatic rings. The fourth-order valence-corrected chi connectivity index (χ4v) is 5.92. The molecule has 2 aromatic rings. The van der Waals surface area contributed by atoms with Crippen LogP contribution >= 0.6 is 11.8 Å². The lowest BCUT2D eigenvalue weighted by Gasteiger charge is -2.25. The molecule has 2 atom stereocenters. The second-order valence-corrected chi connectivity index (χ2v) is 10.3. The summed E-state index contributed by atoms with van der Waals surface area (Å²) in [4.78, 5) is 2.52. The minimum absolute atomic E-state index is 0.280. The molecule has 5 nitrogen and oxygen atoms in total. The maximum Gasteiger partial charge on any atom is 0.416 e. The highest BCUT2D eigenvalue weighted by molar-refractivity contribution is 7.99. The van der Waals surface area contributed by atoms with E-state index in [9.17, 15) is 13.2 Å². The Morgan fingerprint density at radius 3 is 2.65 bits per heavy atom. The van der Waals surface area contributed by atoms with Crippen LogP contribution in [0.15, 0.2) is 29.4 Å². The summed E-state index contributed by atoms with van der Waals surface area (Å²) >= 11 is 1.77. The van der Waals surface area contributed by atoms with Gasteiger partial charge >= 0.3 is 6.18 Å². The van der Waals surface area contributed by atoms with E-state index >= 15 is 0 Å². The largest absolute Gasteiger partial charge is 0.416 e. The zero-order valence-corrected chi connectivity index (χ0v) is 18.5. The number of halogens is 3. The van der Waals surface area contributed by atoms with Crippen LogP contribution < -0.4 is 5.32 Å². The maximum atomic E-state index is 12.8. The van der Waals surface area contributed by atoms with Gasteiger partial charge in [0.05, 0.1) is 5.56 Å². The molecule has 1 aromatic heterocycles. The molecule has 1 aromatic carbocycles. The summed E-state index contributed by atoms with van der Waals surface area (Å²) in [5.74, 6) is 2.99. The molecule has 0 bridgehead atoms. The number of benzene rings is 1. The van der Waals surface area contributed by atoms with Crippen molar-refractivity contribution in [1.29, 1.82) is 0 Å². The number of alkyl halides is 3. The molecule has 0 radical (unpaired) electrons. The van der Waals surface area contributed by atoms with Gasteiger partial charge in [0, 0.05) is 38.4 Å². The van der Waals surface area contributed by atoms with E-state index in [1.165, 1.54) is 12.1 Å². The second-order valence-electron chi connectivity index (χ2n) is 9.22. The van der Waals surface area contributed by atoms with Crippen LogP contribution in [-0.2, 0) is 13.2 Å². The summed E-state index contributed by atoms with van der Waals surface area (Å²) in [5, 5.41) is 13.0. The van der Waals surface area contributed by atoms with Gasteiger partial charge in [-0.25, -0.2) is 0 Å². The Morgan fingerprint density at radius 2 is 1.97 bits per heavy atom. The first-order valence-electron chi connectivity index (χ1n) is 11.0. The topological polar surface area (TPSA) is 46.0 Å². The lowest BCUT2D eigenvalue weighted by Crippen LogP contribution is -2.41. The minimum atomic E-state index is -4.26. The van der Waals surface area contributed by atoms with Crippen LogP contribution in [0.4, 0.5) is 13.2 Å². The molecule has 2 aliphatic heterocycles. The highest BCUT2D eigenvalue weighted by atomic mass is 32.2. The van der Waals surface area contributed by atoms with Crippen LogP contribution in [0.3, 0.4) is 0 Å². The average Bonchev–Trinajstić information content (AvgIpc) is 3.06. The maximum absolute atomic E-state index is 12.8. The van der Waals surface area contributed by atoms with Crippen LogP contribution in [-0.4, -0.2) is 58.1 Å². The number of nitrogens with zero attached hydrogens (tertiary/aromatic N) is 4. The summed E-state index contributed by atoms with van der Waals surface area (Å²) in [6.07, 6.45) is -0.920. The first-order chi connectivity index (χ1) is 14.9. The van der Waals surface area contributed by atoms with Crippen molar-refractivity contribution >= 4 is 11.8 Å². The van der Waals surface area contributed by atoms with Gasteiger partial charge in [0.15, 0.2) is 5.16 Å². The Hall–Kier alpha value is -1.58. The van der Waals surface area contributed by atoms with Crippen molar-refractivity contribution < 1.29 is 13.2 Å². The fraction of sp³-hybridized carbons (Fsp3) is 0.636. The molecule has 1 unspecified atom stereocenters. The summed E-state index contributed by atoms with van der Waals surface area (Å²) in [7, 11) is 2.05. The van der Waals surface area contributed by atoms with Crippen LogP contribution in [0.5, 0.6) is 0 Å². The highest BCUT2D eigenvalue weighted by Gasteiger charge is 2.57. The fourth-order valence-electron chi connectivity index (χ4n) is 5.08. The van der Waals surface area contributed by atoms with E-state index < -0.39 is 11.7 Å². The first-order valence-corrected chi connectivity index (χ1v) is 12.0. The quantitative estimate of drug-likeness (QED) is 0.511. The third-order valence-electron chi connectivity index (χ3n) is 7.16. The highest BCUT2D eigenvalue weighted by Crippen LogP contribution is 2.64. The second kappa shape index (κ2) is 8.08. The van der Waals surface area contributed by atoms with Crippen LogP contribution in [0, 0.1) is 5.41 Å². The minimum Gasteiger partial charge on any atom is -0.315 e. The van der Waals surface area contributed by atoms with E-state index in [0.717, 1.165) is 74.3 Å². The molecule has 2 saturated heterocycles. The molecule has 31 heavy (non-hydrogen) atoms. The SMILES string of the molecule is Cn1c(SCCCN2CCC3(C[C@@H]3c3ccc(C(F)(F)F)cc3)C2)nnc1C1CNC1. The van der Waals surface area contributed by atoms with Gasteiger partial charge in [0.1, 0.15) is 5.82 Å². The van der Waals surface area contributed by atoms with Gasteiger partial charge in [-0.15, -0.1) is 10.2 Å². The number of nitrogens with one attached hydrogen (secondary N) is 1. The van der Waals surface area contributed by atoms with E-state index in [4.69, 9.17) is 0 Å². The van der Waals surface area contributed by atoms with Crippen LogP contribution in [0.25, 0.3) is 0 Å². The third kappa shape index (κ3) is 4.24. The Labute approximate surface area is 184 Å². The average molecular weight is 452 g/mol. The van der Waals surface area contributed by atoms with Gasteiger partial charge < -0.3 is 14.8 Å². The number of likely N-dealkylation sites (tertiary alicyclic amines) is 1. The number of rotatable bonds is 7. The van der Waals surface area contributed by atoms with Crippen molar-refractivity contribution in [3.05, 3.63) is 41.2 Å². The van der Waals surface area contributed by atoms with E-state index in [1.807, 2.05) is 0 Å². The van der Waals surface area contributed by atoms with Gasteiger partial charge in [-0.2, -0.15) is 13.2 Å². The monoisotopic (exact) mass is 451 g/mol. The molecule has 1 aliphatic carbocycles. The van der Waals surface area contributed by atoms with Gasteiger partial charge in [-0.05, 0) is 61.4 Å². The van der Waals surface area contributed by atoms with E-state index in [1.54, 1.807) is 23.9 Å². The van der Waals surface area contributed by atoms with Gasteiger partial charge in [-0.3, -0.25) is 0 Å². The van der Waals surface area contributed by atoms with Crippen molar-refractivity contribution in [1.82, 2.24) is 25.0 Å². The van der Waals surface area contributed by atoms with Crippen molar-refractivity contribution in [2.75, 3.05) is 38.5 Å². The zero-order valence-electron chi connectivity index (χ0n) is 17.7. The number of hydrogen-bond donors (Lipinski definition) is 1. The molecular weight excluding hydrogens is 423 g/mol. The van der Waals surface area contributed by atoms with Gasteiger partial charge in [-0.1, -0.05) is 23.9 Å². The molecule has 1 N–H and O–H groups in total. The van der Waals surface area contributed by atoms with Crippen molar-refractivity contribution in [3.63, 3.8) is 0 Å². The summed E-state index contributed by atoms with van der Waals surface area (Å²) < 4.78 is 40.5. The van der Waals surface area contributed by atoms with Gasteiger partial charge in [0.25, 0.3) is 0 Å². The summed E-state index contributed by atoms with van der Waals surface area (Å²) in [6, 6.07) is 5.81. The number of thioether (sulfide) groups is 1. The van der Waals surface area contributed by atoms with E-state index in [-0.39, 0.29) is 5.41 Å². The molecule has 5 rings (SSSR count). The molecule has 1 spiro atoms. The summed E-state index contributed by atoms with van der Waals surface area (Å²) in [5.41, 5.74) is 0.781. The van der Waals surface area contributed by atoms with Crippen molar-refractivity contribution in [3.8, 4) is 0 Å². The van der Waals surface area contributed by atoms with Crippen molar-refractivity contribution in [2.45, 2.75) is 42.4 Å².